The van der Waals surface area contributed by atoms with Gasteiger partial charge in [0.25, 0.3) is 0 Å². The molecular formula is C26H39N3O7. The lowest BCUT2D eigenvalue weighted by Gasteiger charge is -2.29. The molecule has 0 spiro atoms. The van der Waals surface area contributed by atoms with E-state index in [2.05, 4.69) is 10.6 Å². The van der Waals surface area contributed by atoms with Crippen LogP contribution in [0, 0.1) is 5.92 Å². The Labute approximate surface area is 212 Å². The van der Waals surface area contributed by atoms with Gasteiger partial charge in [0.2, 0.25) is 11.8 Å². The topological polar surface area (TPSA) is 134 Å². The molecule has 36 heavy (non-hydrogen) atoms. The number of ether oxygens (including phenoxy) is 2. The van der Waals surface area contributed by atoms with E-state index < -0.39 is 47.6 Å². The van der Waals surface area contributed by atoms with Crippen molar-refractivity contribution in [1.29, 1.82) is 0 Å². The molecule has 0 aromatic heterocycles. The van der Waals surface area contributed by atoms with Crippen LogP contribution in [0.15, 0.2) is 12.2 Å². The molecule has 10 nitrogen and oxygen atoms in total. The summed E-state index contributed by atoms with van der Waals surface area (Å²) in [6.07, 6.45) is 10.3. The van der Waals surface area contributed by atoms with Gasteiger partial charge in [-0.3, -0.25) is 9.59 Å². The minimum absolute atomic E-state index is 0.0114. The molecule has 0 unspecified atom stereocenters. The summed E-state index contributed by atoms with van der Waals surface area (Å²) in [5.74, 6) is -1.56. The number of fused-ring (bicyclic) bond motifs is 2. The molecule has 4 aliphatic rings. The standard InChI is InChI=1S/C26H39N3O7/c1-2-35-24(33)26-15-17(26)10-6-4-3-5-7-13-20(27-25(34)36-19-11-8-9-12-19)23(32)29-16-18(30)14-21(29)22(31)28-26/h6,10,17-21,30H,2-5,7-9,11-16H2,1H3,(H,27,34)(H,28,31)/t17-,18+,20+,21+,26-/m1/s1. The van der Waals surface area contributed by atoms with Gasteiger partial charge in [0.15, 0.2) is 0 Å². The first kappa shape index (κ1) is 26.4. The molecule has 0 aromatic rings. The number of aliphatic hydroxyl groups excluding tert-OH is 1. The molecule has 2 aliphatic heterocycles. The van der Waals surface area contributed by atoms with Crippen molar-refractivity contribution in [2.45, 2.75) is 107 Å². The molecule has 4 rings (SSSR count). The summed E-state index contributed by atoms with van der Waals surface area (Å²) >= 11 is 0. The van der Waals surface area contributed by atoms with Crippen LogP contribution in [0.25, 0.3) is 0 Å². The van der Waals surface area contributed by atoms with Gasteiger partial charge in [-0.2, -0.15) is 0 Å². The van der Waals surface area contributed by atoms with E-state index in [9.17, 15) is 24.3 Å². The second-order valence-electron chi connectivity index (χ2n) is 10.5. The molecule has 200 valence electrons. The maximum Gasteiger partial charge on any atom is 0.408 e. The first-order chi connectivity index (χ1) is 17.3. The summed E-state index contributed by atoms with van der Waals surface area (Å²) < 4.78 is 10.8. The molecule has 2 saturated carbocycles. The van der Waals surface area contributed by atoms with Gasteiger partial charge in [-0.1, -0.05) is 25.0 Å². The maximum absolute atomic E-state index is 13.6. The Morgan fingerprint density at radius 1 is 1.17 bits per heavy atom. The molecule has 1 saturated heterocycles. The van der Waals surface area contributed by atoms with E-state index >= 15 is 0 Å². The zero-order valence-electron chi connectivity index (χ0n) is 21.1. The summed E-state index contributed by atoms with van der Waals surface area (Å²) in [5, 5.41) is 16.0. The van der Waals surface area contributed by atoms with Crippen molar-refractivity contribution in [1.82, 2.24) is 15.5 Å². The highest BCUT2D eigenvalue weighted by Crippen LogP contribution is 2.46. The molecule has 3 fully saturated rings. The van der Waals surface area contributed by atoms with E-state index in [-0.39, 0.29) is 31.6 Å². The number of allylic oxidation sites excluding steroid dienone is 1. The molecule has 3 N–H and O–H groups in total. The molecule has 0 radical (unpaired) electrons. The fraction of sp³-hybridized carbons (Fsp3) is 0.769. The number of carbonyl (C=O) groups excluding carboxylic acids is 4. The van der Waals surface area contributed by atoms with Crippen LogP contribution in [0.2, 0.25) is 0 Å². The lowest BCUT2D eigenvalue weighted by molar-refractivity contribution is -0.150. The highest BCUT2D eigenvalue weighted by molar-refractivity contribution is 5.96. The average molecular weight is 506 g/mol. The number of aliphatic hydroxyl groups is 1. The zero-order chi connectivity index (χ0) is 25.7. The fourth-order valence-electron chi connectivity index (χ4n) is 5.66. The van der Waals surface area contributed by atoms with Crippen molar-refractivity contribution in [3.05, 3.63) is 12.2 Å². The van der Waals surface area contributed by atoms with Gasteiger partial charge < -0.3 is 30.1 Å². The highest BCUT2D eigenvalue weighted by atomic mass is 16.6. The number of rotatable bonds is 4. The maximum atomic E-state index is 13.6. The van der Waals surface area contributed by atoms with E-state index in [1.54, 1.807) is 6.92 Å². The van der Waals surface area contributed by atoms with Crippen molar-refractivity contribution in [2.75, 3.05) is 13.2 Å². The Morgan fingerprint density at radius 2 is 1.92 bits per heavy atom. The summed E-state index contributed by atoms with van der Waals surface area (Å²) in [7, 11) is 0. The summed E-state index contributed by atoms with van der Waals surface area (Å²) in [6.45, 7) is 1.90. The van der Waals surface area contributed by atoms with Crippen LogP contribution in [0.1, 0.15) is 77.6 Å². The molecule has 2 heterocycles. The second kappa shape index (κ2) is 11.6. The molecule has 3 amide bonds. The number of carbonyl (C=O) groups is 4. The number of hydrogen-bond acceptors (Lipinski definition) is 7. The summed E-state index contributed by atoms with van der Waals surface area (Å²) in [6, 6.07) is -1.79. The third-order valence-corrected chi connectivity index (χ3v) is 7.76. The Morgan fingerprint density at radius 3 is 2.67 bits per heavy atom. The van der Waals surface area contributed by atoms with Crippen LogP contribution >= 0.6 is 0 Å². The first-order valence-corrected chi connectivity index (χ1v) is 13.5. The largest absolute Gasteiger partial charge is 0.464 e. The number of amides is 3. The normalized spacial score (nSPS) is 33.6. The summed E-state index contributed by atoms with van der Waals surface area (Å²) in [5.41, 5.74) is -1.14. The minimum atomic E-state index is -1.14. The van der Waals surface area contributed by atoms with Gasteiger partial charge in [-0.25, -0.2) is 9.59 Å². The minimum Gasteiger partial charge on any atom is -0.464 e. The van der Waals surface area contributed by atoms with E-state index in [1.807, 2.05) is 12.2 Å². The third kappa shape index (κ3) is 6.02. The van der Waals surface area contributed by atoms with Crippen LogP contribution in [0.3, 0.4) is 0 Å². The number of alkyl carbamates (subject to hydrolysis) is 1. The second-order valence-corrected chi connectivity index (χ2v) is 10.5. The van der Waals surface area contributed by atoms with E-state index in [4.69, 9.17) is 9.47 Å². The highest BCUT2D eigenvalue weighted by Gasteiger charge is 2.62. The lowest BCUT2D eigenvalue weighted by Crippen LogP contribution is -2.56. The van der Waals surface area contributed by atoms with Gasteiger partial charge in [-0.05, 0) is 58.3 Å². The number of esters is 1. The Kier molecular flexibility index (Phi) is 8.54. The van der Waals surface area contributed by atoms with Gasteiger partial charge in [0, 0.05) is 18.9 Å². The van der Waals surface area contributed by atoms with Crippen LogP contribution in [-0.4, -0.2) is 76.9 Å². The van der Waals surface area contributed by atoms with Crippen molar-refractivity contribution < 1.29 is 33.8 Å². The third-order valence-electron chi connectivity index (χ3n) is 7.76. The van der Waals surface area contributed by atoms with Gasteiger partial charge in [-0.15, -0.1) is 0 Å². The molecule has 5 atom stereocenters. The van der Waals surface area contributed by atoms with Crippen molar-refractivity contribution >= 4 is 23.9 Å². The Hall–Kier alpha value is -2.62. The Balaban J connectivity index is 1.52. The van der Waals surface area contributed by atoms with Crippen molar-refractivity contribution in [2.24, 2.45) is 5.92 Å². The number of nitrogens with zero attached hydrogens (tertiary/aromatic N) is 1. The molecule has 2 aliphatic carbocycles. The van der Waals surface area contributed by atoms with Crippen molar-refractivity contribution in [3.63, 3.8) is 0 Å². The van der Waals surface area contributed by atoms with Gasteiger partial charge >= 0.3 is 12.1 Å². The average Bonchev–Trinajstić information content (AvgIpc) is 3.13. The molecule has 10 heteroatoms. The molecule has 0 aromatic carbocycles. The van der Waals surface area contributed by atoms with Crippen LogP contribution < -0.4 is 10.6 Å². The fourth-order valence-corrected chi connectivity index (χ4v) is 5.66. The number of hydrogen-bond donors (Lipinski definition) is 3. The quantitative estimate of drug-likeness (QED) is 0.393. The predicted molar refractivity (Wildman–Crippen MR) is 130 cm³/mol. The monoisotopic (exact) mass is 505 g/mol. The Bertz CT molecular complexity index is 872. The molecular weight excluding hydrogens is 466 g/mol. The van der Waals surface area contributed by atoms with Gasteiger partial charge in [0.1, 0.15) is 23.7 Å². The number of nitrogens with one attached hydrogen (secondary N) is 2. The van der Waals surface area contributed by atoms with Crippen LogP contribution in [-0.2, 0) is 23.9 Å². The lowest BCUT2D eigenvalue weighted by atomic mass is 10.0. The van der Waals surface area contributed by atoms with E-state index in [1.165, 1.54) is 4.90 Å². The van der Waals surface area contributed by atoms with Crippen LogP contribution in [0.4, 0.5) is 4.79 Å². The smallest absolute Gasteiger partial charge is 0.408 e. The summed E-state index contributed by atoms with van der Waals surface area (Å²) in [4.78, 5) is 53.7. The predicted octanol–water partition coefficient (Wildman–Crippen LogP) is 1.94. The van der Waals surface area contributed by atoms with Crippen LogP contribution in [0.5, 0.6) is 0 Å². The zero-order valence-corrected chi connectivity index (χ0v) is 21.1. The first-order valence-electron chi connectivity index (χ1n) is 13.5. The van der Waals surface area contributed by atoms with E-state index in [0.29, 0.717) is 12.8 Å². The molecule has 0 bridgehead atoms. The SMILES string of the molecule is CCOC(=O)[C@@]12C[C@H]1C=CCCCCC[C@H](NC(=O)OC1CCCC1)C(=O)N1C[C@@H](O)C[C@H]1C(=O)N2. The van der Waals surface area contributed by atoms with Crippen molar-refractivity contribution in [3.8, 4) is 0 Å². The van der Waals surface area contributed by atoms with E-state index in [0.717, 1.165) is 51.4 Å². The van der Waals surface area contributed by atoms with Gasteiger partial charge in [0.05, 0.1) is 12.7 Å².